The third-order valence-corrected chi connectivity index (χ3v) is 3.33. The summed E-state index contributed by atoms with van der Waals surface area (Å²) in [6.45, 7) is 1.54. The van der Waals surface area contributed by atoms with Gasteiger partial charge in [0.25, 0.3) is 5.69 Å². The van der Waals surface area contributed by atoms with Gasteiger partial charge in [-0.2, -0.15) is 0 Å². The number of benzene rings is 2. The SMILES string of the molecule is C[C@@H](N=Cc1cc(Cl)cc([N+](=O)[O-])c1[O-])c1ccc(F)cc1F. The van der Waals surface area contributed by atoms with E-state index in [1.54, 1.807) is 0 Å². The molecule has 0 radical (unpaired) electrons. The zero-order valence-electron chi connectivity index (χ0n) is 11.8. The Labute approximate surface area is 135 Å². The molecular formula is C15H10ClF2N2O3-. The van der Waals surface area contributed by atoms with Crippen molar-refractivity contribution in [3.05, 3.63) is 68.2 Å². The minimum Gasteiger partial charge on any atom is -0.867 e. The molecule has 1 atom stereocenters. The molecule has 2 rings (SSSR count). The average Bonchev–Trinajstić information content (AvgIpc) is 2.47. The summed E-state index contributed by atoms with van der Waals surface area (Å²) in [6.07, 6.45) is 1.09. The van der Waals surface area contributed by atoms with Crippen LogP contribution in [0.4, 0.5) is 14.5 Å². The first-order chi connectivity index (χ1) is 10.8. The fourth-order valence-electron chi connectivity index (χ4n) is 1.94. The van der Waals surface area contributed by atoms with Crippen molar-refractivity contribution in [3.8, 4) is 5.75 Å². The number of hydrogen-bond acceptors (Lipinski definition) is 4. The van der Waals surface area contributed by atoms with Gasteiger partial charge in [-0.05, 0) is 30.4 Å². The van der Waals surface area contributed by atoms with Crippen LogP contribution in [-0.2, 0) is 0 Å². The Morgan fingerprint density at radius 3 is 2.61 bits per heavy atom. The molecule has 0 aromatic heterocycles. The normalized spacial score (nSPS) is 12.5. The monoisotopic (exact) mass is 339 g/mol. The van der Waals surface area contributed by atoms with E-state index >= 15 is 0 Å². The lowest BCUT2D eigenvalue weighted by atomic mass is 10.1. The second-order valence-corrected chi connectivity index (χ2v) is 5.16. The van der Waals surface area contributed by atoms with Crippen LogP contribution in [0.25, 0.3) is 0 Å². The Morgan fingerprint density at radius 2 is 2.00 bits per heavy atom. The van der Waals surface area contributed by atoms with Crippen LogP contribution in [0.15, 0.2) is 35.3 Å². The molecule has 2 aromatic carbocycles. The first-order valence-electron chi connectivity index (χ1n) is 6.42. The summed E-state index contributed by atoms with van der Waals surface area (Å²) in [7, 11) is 0. The van der Waals surface area contributed by atoms with E-state index in [4.69, 9.17) is 11.6 Å². The maximum absolute atomic E-state index is 13.7. The number of nitro groups is 1. The standard InChI is InChI=1S/C15H11ClF2N2O3/c1-8(12-3-2-11(17)6-13(12)18)19-7-9-4-10(16)5-14(15(9)21)20(22)23/h2-8,21H,1H3/p-1/t8-/m1/s1. The summed E-state index contributed by atoms with van der Waals surface area (Å²) in [6, 6.07) is 4.52. The highest BCUT2D eigenvalue weighted by Gasteiger charge is 2.13. The van der Waals surface area contributed by atoms with Gasteiger partial charge in [0.15, 0.2) is 0 Å². The quantitative estimate of drug-likeness (QED) is 0.483. The van der Waals surface area contributed by atoms with E-state index in [0.717, 1.165) is 24.4 Å². The molecule has 0 heterocycles. The minimum atomic E-state index is -0.839. The van der Waals surface area contributed by atoms with Gasteiger partial charge in [-0.15, -0.1) is 0 Å². The van der Waals surface area contributed by atoms with Crippen molar-refractivity contribution in [2.45, 2.75) is 13.0 Å². The molecular weight excluding hydrogens is 330 g/mol. The van der Waals surface area contributed by atoms with Gasteiger partial charge < -0.3 is 5.11 Å². The highest BCUT2D eigenvalue weighted by molar-refractivity contribution is 6.31. The van der Waals surface area contributed by atoms with Gasteiger partial charge in [-0.1, -0.05) is 17.7 Å². The van der Waals surface area contributed by atoms with Crippen molar-refractivity contribution in [1.29, 1.82) is 0 Å². The van der Waals surface area contributed by atoms with Gasteiger partial charge >= 0.3 is 0 Å². The molecule has 0 saturated heterocycles. The molecule has 0 saturated carbocycles. The van der Waals surface area contributed by atoms with Crippen LogP contribution in [-0.4, -0.2) is 11.1 Å². The van der Waals surface area contributed by atoms with E-state index in [1.165, 1.54) is 19.1 Å². The predicted octanol–water partition coefficient (Wildman–Crippen LogP) is 3.78. The highest BCUT2D eigenvalue weighted by Crippen LogP contribution is 2.30. The van der Waals surface area contributed by atoms with Crippen molar-refractivity contribution in [2.24, 2.45) is 4.99 Å². The molecule has 5 nitrogen and oxygen atoms in total. The Morgan fingerprint density at radius 1 is 1.30 bits per heavy atom. The molecule has 0 spiro atoms. The van der Waals surface area contributed by atoms with Crippen LogP contribution in [0.5, 0.6) is 5.75 Å². The van der Waals surface area contributed by atoms with Crippen molar-refractivity contribution in [2.75, 3.05) is 0 Å². The number of rotatable bonds is 4. The Bertz CT molecular complexity index is 797. The molecule has 2 aromatic rings. The molecule has 0 aliphatic rings. The van der Waals surface area contributed by atoms with Gasteiger partial charge in [-0.25, -0.2) is 8.78 Å². The molecule has 0 fully saturated rings. The number of nitrogens with zero attached hydrogens (tertiary/aromatic N) is 2. The maximum atomic E-state index is 13.7. The Balaban J connectivity index is 2.34. The van der Waals surface area contributed by atoms with E-state index < -0.39 is 34.0 Å². The summed E-state index contributed by atoms with van der Waals surface area (Å²) in [5.74, 6) is -2.32. The lowest BCUT2D eigenvalue weighted by Gasteiger charge is -2.12. The molecule has 0 aliphatic carbocycles. The smallest absolute Gasteiger partial charge is 0.263 e. The number of aliphatic imine (C=N–C) groups is 1. The lowest BCUT2D eigenvalue weighted by Crippen LogP contribution is -2.03. The third kappa shape index (κ3) is 3.81. The van der Waals surface area contributed by atoms with Crippen molar-refractivity contribution >= 4 is 23.5 Å². The predicted molar refractivity (Wildman–Crippen MR) is 79.9 cm³/mol. The second kappa shape index (κ2) is 6.70. The summed E-state index contributed by atoms with van der Waals surface area (Å²) < 4.78 is 26.5. The molecule has 120 valence electrons. The van der Waals surface area contributed by atoms with Crippen molar-refractivity contribution in [1.82, 2.24) is 0 Å². The van der Waals surface area contributed by atoms with Crippen molar-refractivity contribution < 1.29 is 18.8 Å². The maximum Gasteiger partial charge on any atom is 0.263 e. The lowest BCUT2D eigenvalue weighted by molar-refractivity contribution is -0.398. The molecule has 0 bridgehead atoms. The second-order valence-electron chi connectivity index (χ2n) is 4.72. The molecule has 0 amide bonds. The van der Waals surface area contributed by atoms with Crippen LogP contribution in [0.1, 0.15) is 24.1 Å². The summed E-state index contributed by atoms with van der Waals surface area (Å²) in [5, 5.41) is 22.7. The van der Waals surface area contributed by atoms with Crippen molar-refractivity contribution in [3.63, 3.8) is 0 Å². The topological polar surface area (TPSA) is 78.6 Å². The third-order valence-electron chi connectivity index (χ3n) is 3.11. The molecule has 8 heteroatoms. The average molecular weight is 340 g/mol. The molecule has 0 N–H and O–H groups in total. The summed E-state index contributed by atoms with van der Waals surface area (Å²) >= 11 is 5.73. The summed E-state index contributed by atoms with van der Waals surface area (Å²) in [4.78, 5) is 13.9. The summed E-state index contributed by atoms with van der Waals surface area (Å²) in [5.41, 5.74) is -0.621. The number of halogens is 3. The van der Waals surface area contributed by atoms with E-state index in [2.05, 4.69) is 4.99 Å². The Kier molecular flexibility index (Phi) is 4.90. The zero-order valence-corrected chi connectivity index (χ0v) is 12.6. The number of nitro benzene ring substituents is 1. The fourth-order valence-corrected chi connectivity index (χ4v) is 2.16. The van der Waals surface area contributed by atoms with Gasteiger partial charge in [0.2, 0.25) is 0 Å². The van der Waals surface area contributed by atoms with Gasteiger partial charge in [-0.3, -0.25) is 15.1 Å². The molecule has 23 heavy (non-hydrogen) atoms. The Hall–Kier alpha value is -2.54. The molecule has 0 unspecified atom stereocenters. The van der Waals surface area contributed by atoms with E-state index in [9.17, 15) is 24.0 Å². The minimum absolute atomic E-state index is 0.0124. The largest absolute Gasteiger partial charge is 0.867 e. The van der Waals surface area contributed by atoms with Gasteiger partial charge in [0, 0.05) is 28.9 Å². The van der Waals surface area contributed by atoms with Crippen LogP contribution in [0.2, 0.25) is 5.02 Å². The van der Waals surface area contributed by atoms with Crippen LogP contribution in [0.3, 0.4) is 0 Å². The van der Waals surface area contributed by atoms with Gasteiger partial charge in [0.1, 0.15) is 11.6 Å². The van der Waals surface area contributed by atoms with Crippen LogP contribution < -0.4 is 5.11 Å². The number of hydrogen-bond donors (Lipinski definition) is 0. The fraction of sp³-hybridized carbons (Fsp3) is 0.133. The van der Waals surface area contributed by atoms with E-state index in [0.29, 0.717) is 0 Å². The van der Waals surface area contributed by atoms with E-state index in [1.807, 2.05) is 0 Å². The molecule has 0 aliphatic heterocycles. The van der Waals surface area contributed by atoms with Gasteiger partial charge in [0.05, 0.1) is 11.0 Å². The van der Waals surface area contributed by atoms with Crippen LogP contribution in [0, 0.1) is 21.7 Å². The van der Waals surface area contributed by atoms with E-state index in [-0.39, 0.29) is 16.1 Å². The first kappa shape index (κ1) is 16.8. The highest BCUT2D eigenvalue weighted by atomic mass is 35.5. The first-order valence-corrected chi connectivity index (χ1v) is 6.80. The van der Waals surface area contributed by atoms with Crippen LogP contribution >= 0.6 is 11.6 Å². The zero-order chi connectivity index (χ0) is 17.1.